The van der Waals surface area contributed by atoms with Gasteiger partial charge in [-0.3, -0.25) is 0 Å². The van der Waals surface area contributed by atoms with Gasteiger partial charge in [-0.25, -0.2) is 4.98 Å². The number of thiazole rings is 1. The van der Waals surface area contributed by atoms with Crippen molar-refractivity contribution in [1.29, 1.82) is 0 Å². The molecule has 0 saturated heterocycles. The summed E-state index contributed by atoms with van der Waals surface area (Å²) in [5.41, 5.74) is 0. The molecule has 1 aromatic heterocycles. The zero-order valence-electron chi connectivity index (χ0n) is 10.9. The molecule has 0 spiro atoms. The lowest BCUT2D eigenvalue weighted by molar-refractivity contribution is 0.563. The van der Waals surface area contributed by atoms with Crippen molar-refractivity contribution in [1.82, 2.24) is 10.3 Å². The molecule has 17 heavy (non-hydrogen) atoms. The molecule has 1 aromatic rings. The van der Waals surface area contributed by atoms with Crippen LogP contribution in [0.5, 0.6) is 0 Å². The Morgan fingerprint density at radius 2 is 2.24 bits per heavy atom. The van der Waals surface area contributed by atoms with Crippen LogP contribution < -0.4 is 10.2 Å². The Labute approximate surface area is 108 Å². The molecule has 4 heteroatoms. The first kappa shape index (κ1) is 14.0. The summed E-state index contributed by atoms with van der Waals surface area (Å²) in [6.45, 7) is 9.26. The lowest BCUT2D eigenvalue weighted by Crippen LogP contribution is -2.24. The molecule has 1 N–H and O–H groups in total. The largest absolute Gasteiger partial charge is 0.349 e. The molecule has 0 radical (unpaired) electrons. The maximum absolute atomic E-state index is 5.27. The minimum atomic E-state index is 0.360. The van der Waals surface area contributed by atoms with Crippen molar-refractivity contribution in [3.63, 3.8) is 0 Å². The van der Waals surface area contributed by atoms with Gasteiger partial charge in [0.15, 0.2) is 5.13 Å². The number of rotatable bonds is 7. The van der Waals surface area contributed by atoms with Crippen molar-refractivity contribution in [2.75, 3.05) is 18.0 Å². The number of anilines is 1. The molecule has 1 atom stereocenters. The average molecular weight is 251 g/mol. The van der Waals surface area contributed by atoms with Gasteiger partial charge in [-0.1, -0.05) is 0 Å². The summed E-state index contributed by atoms with van der Waals surface area (Å²) in [5.74, 6) is 2.66. The van der Waals surface area contributed by atoms with Gasteiger partial charge in [-0.2, -0.15) is 0 Å². The van der Waals surface area contributed by atoms with Crippen LogP contribution in [0, 0.1) is 12.3 Å². The summed E-state index contributed by atoms with van der Waals surface area (Å²) >= 11 is 1.75. The van der Waals surface area contributed by atoms with E-state index < -0.39 is 0 Å². The summed E-state index contributed by atoms with van der Waals surface area (Å²) in [5, 5.41) is 4.51. The lowest BCUT2D eigenvalue weighted by Gasteiger charge is -2.16. The number of hydrogen-bond donors (Lipinski definition) is 1. The van der Waals surface area contributed by atoms with Gasteiger partial charge in [0, 0.05) is 43.2 Å². The third-order valence-electron chi connectivity index (χ3n) is 2.62. The third kappa shape index (κ3) is 4.37. The molecule has 0 aromatic carbocycles. The molecular formula is C13H21N3S. The predicted octanol–water partition coefficient (Wildman–Crippen LogP) is 2.49. The highest BCUT2D eigenvalue weighted by Crippen LogP contribution is 2.22. The number of hydrogen-bond acceptors (Lipinski definition) is 4. The van der Waals surface area contributed by atoms with Gasteiger partial charge in [-0.15, -0.1) is 23.7 Å². The molecule has 0 aliphatic carbocycles. The van der Waals surface area contributed by atoms with Gasteiger partial charge in [-0.05, 0) is 20.8 Å². The summed E-state index contributed by atoms with van der Waals surface area (Å²) < 4.78 is 0. The maximum atomic E-state index is 5.27. The molecule has 0 bridgehead atoms. The van der Waals surface area contributed by atoms with Gasteiger partial charge < -0.3 is 10.2 Å². The summed E-state index contributed by atoms with van der Waals surface area (Å²) in [7, 11) is 0. The lowest BCUT2D eigenvalue weighted by atomic mass is 10.2. The number of terminal acetylenes is 1. The molecule has 0 aliphatic rings. The molecule has 0 amide bonds. The number of nitrogens with one attached hydrogen (secondary N) is 1. The summed E-state index contributed by atoms with van der Waals surface area (Å²) in [4.78, 5) is 7.97. The smallest absolute Gasteiger partial charge is 0.185 e. The minimum Gasteiger partial charge on any atom is -0.349 e. The van der Waals surface area contributed by atoms with Gasteiger partial charge in [0.25, 0.3) is 0 Å². The van der Waals surface area contributed by atoms with Crippen molar-refractivity contribution < 1.29 is 0 Å². The van der Waals surface area contributed by atoms with E-state index in [-0.39, 0.29) is 0 Å². The molecule has 1 heterocycles. The van der Waals surface area contributed by atoms with Crippen LogP contribution in [0.15, 0.2) is 6.20 Å². The van der Waals surface area contributed by atoms with Gasteiger partial charge in [0.1, 0.15) is 0 Å². The van der Waals surface area contributed by atoms with Crippen LogP contribution in [0.2, 0.25) is 0 Å². The van der Waals surface area contributed by atoms with E-state index in [0.29, 0.717) is 6.04 Å². The van der Waals surface area contributed by atoms with E-state index >= 15 is 0 Å². The monoisotopic (exact) mass is 251 g/mol. The highest BCUT2D eigenvalue weighted by Gasteiger charge is 2.08. The fourth-order valence-electron chi connectivity index (χ4n) is 1.54. The van der Waals surface area contributed by atoms with E-state index in [1.54, 1.807) is 11.3 Å². The number of aromatic nitrogens is 1. The van der Waals surface area contributed by atoms with Crippen LogP contribution >= 0.6 is 11.3 Å². The van der Waals surface area contributed by atoms with Crippen molar-refractivity contribution in [2.24, 2.45) is 0 Å². The fourth-order valence-corrected chi connectivity index (χ4v) is 2.53. The van der Waals surface area contributed by atoms with Gasteiger partial charge in [0.05, 0.1) is 0 Å². The third-order valence-corrected chi connectivity index (χ3v) is 3.68. The summed E-state index contributed by atoms with van der Waals surface area (Å²) in [6.07, 6.45) is 7.99. The zero-order chi connectivity index (χ0) is 12.7. The Bertz CT molecular complexity index is 363. The van der Waals surface area contributed by atoms with E-state index in [1.165, 1.54) is 4.88 Å². The highest BCUT2D eigenvalue weighted by molar-refractivity contribution is 7.15. The van der Waals surface area contributed by atoms with Crippen LogP contribution in [0.3, 0.4) is 0 Å². The molecule has 0 saturated carbocycles. The Balaban J connectivity index is 2.48. The van der Waals surface area contributed by atoms with Crippen LogP contribution in [0.1, 0.15) is 32.1 Å². The van der Waals surface area contributed by atoms with Gasteiger partial charge >= 0.3 is 0 Å². The maximum Gasteiger partial charge on any atom is 0.185 e. The van der Waals surface area contributed by atoms with Crippen molar-refractivity contribution >= 4 is 16.5 Å². The first-order valence-corrected chi connectivity index (χ1v) is 6.89. The van der Waals surface area contributed by atoms with E-state index in [9.17, 15) is 0 Å². The van der Waals surface area contributed by atoms with Crippen molar-refractivity contribution in [3.8, 4) is 12.3 Å². The van der Waals surface area contributed by atoms with Crippen LogP contribution in [-0.4, -0.2) is 24.1 Å². The second kappa shape index (κ2) is 7.31. The molecule has 1 unspecified atom stereocenters. The van der Waals surface area contributed by atoms with E-state index in [2.05, 4.69) is 41.9 Å². The molecule has 0 aliphatic heterocycles. The molecule has 0 fully saturated rings. The minimum absolute atomic E-state index is 0.360. The first-order chi connectivity index (χ1) is 8.21. The molecular weight excluding hydrogens is 230 g/mol. The van der Waals surface area contributed by atoms with E-state index in [4.69, 9.17) is 6.42 Å². The van der Waals surface area contributed by atoms with Gasteiger partial charge in [0.2, 0.25) is 0 Å². The molecule has 3 nitrogen and oxygen atoms in total. The highest BCUT2D eigenvalue weighted by atomic mass is 32.1. The van der Waals surface area contributed by atoms with Crippen LogP contribution in [0.4, 0.5) is 5.13 Å². The Kier molecular flexibility index (Phi) is 6.03. The predicted molar refractivity (Wildman–Crippen MR) is 75.4 cm³/mol. The normalized spacial score (nSPS) is 12.1. The average Bonchev–Trinajstić information content (AvgIpc) is 2.77. The SMILES string of the molecule is C#CCC(C)NCc1cnc(N(CC)CC)s1. The van der Waals surface area contributed by atoms with Crippen molar-refractivity contribution in [2.45, 2.75) is 39.8 Å². The number of nitrogens with zero attached hydrogens (tertiary/aromatic N) is 2. The summed E-state index contributed by atoms with van der Waals surface area (Å²) in [6, 6.07) is 0.360. The second-order valence-corrected chi connectivity index (χ2v) is 5.07. The second-order valence-electron chi connectivity index (χ2n) is 3.97. The Morgan fingerprint density at radius 1 is 1.53 bits per heavy atom. The standard InChI is InChI=1S/C13H21N3S/c1-5-8-11(4)14-9-12-10-15-13(17-12)16(6-2)7-3/h1,10-11,14H,6-9H2,2-4H3. The Morgan fingerprint density at radius 3 is 2.82 bits per heavy atom. The first-order valence-electron chi connectivity index (χ1n) is 6.07. The molecule has 94 valence electrons. The van der Waals surface area contributed by atoms with E-state index in [0.717, 1.165) is 31.2 Å². The van der Waals surface area contributed by atoms with E-state index in [1.807, 2.05) is 6.20 Å². The Hall–Kier alpha value is -1.05. The fraction of sp³-hybridized carbons (Fsp3) is 0.615. The van der Waals surface area contributed by atoms with Crippen LogP contribution in [0.25, 0.3) is 0 Å². The van der Waals surface area contributed by atoms with Crippen molar-refractivity contribution in [3.05, 3.63) is 11.1 Å². The van der Waals surface area contributed by atoms with Crippen LogP contribution in [-0.2, 0) is 6.54 Å². The molecule has 1 rings (SSSR count). The quantitative estimate of drug-likeness (QED) is 0.755. The topological polar surface area (TPSA) is 28.2 Å². The zero-order valence-corrected chi connectivity index (χ0v) is 11.7.